The molecule has 0 saturated heterocycles. The lowest BCUT2D eigenvalue weighted by Gasteiger charge is -2.13. The Labute approximate surface area is 148 Å². The fourth-order valence-electron chi connectivity index (χ4n) is 2.05. The van der Waals surface area contributed by atoms with E-state index in [1.807, 2.05) is 30.3 Å². The molecule has 5 nitrogen and oxygen atoms in total. The van der Waals surface area contributed by atoms with Gasteiger partial charge in [0.15, 0.2) is 5.75 Å². The molecule has 0 spiro atoms. The molecule has 1 atom stereocenters. The summed E-state index contributed by atoms with van der Waals surface area (Å²) in [5, 5.41) is 2.93. The molecule has 2 rings (SSSR count). The average Bonchev–Trinajstić information content (AvgIpc) is 2.55. The number of hydrogen-bond donors (Lipinski definition) is 1. The first kappa shape index (κ1) is 18.3. The zero-order valence-corrected chi connectivity index (χ0v) is 14.5. The van der Waals surface area contributed by atoms with Crippen LogP contribution in [0.3, 0.4) is 0 Å². The van der Waals surface area contributed by atoms with Crippen LogP contribution < -0.4 is 5.32 Å². The zero-order chi connectivity index (χ0) is 17.5. The van der Waals surface area contributed by atoms with Gasteiger partial charge in [0.25, 0.3) is 5.91 Å². The molecule has 0 heterocycles. The third-order valence-corrected chi connectivity index (χ3v) is 4.60. The van der Waals surface area contributed by atoms with Crippen molar-refractivity contribution in [3.8, 4) is 0 Å². The molecule has 1 N–H and O–H groups in total. The van der Waals surface area contributed by atoms with Crippen molar-refractivity contribution in [3.63, 3.8) is 0 Å². The molecule has 2 aromatic rings. The number of nitrogens with one attached hydrogen (secondary N) is 1. The third kappa shape index (κ3) is 5.26. The molecule has 1 amide bonds. The molecule has 0 fully saturated rings. The molecule has 0 bridgehead atoms. The van der Waals surface area contributed by atoms with Crippen molar-refractivity contribution < 1.29 is 18.9 Å². The van der Waals surface area contributed by atoms with Crippen LogP contribution in [0.4, 0.5) is 5.69 Å². The van der Waals surface area contributed by atoms with Crippen molar-refractivity contribution in [2.24, 2.45) is 0 Å². The monoisotopic (exact) mass is 365 g/mol. The quantitative estimate of drug-likeness (QED) is 0.630. The maximum atomic E-state index is 12.1. The summed E-state index contributed by atoms with van der Waals surface area (Å²) in [6.45, 7) is 0. The van der Waals surface area contributed by atoms with E-state index in [2.05, 4.69) is 10.1 Å². The summed E-state index contributed by atoms with van der Waals surface area (Å²) in [5.41, 5.74) is 1.31. The van der Waals surface area contributed by atoms with Crippen LogP contribution >= 0.6 is 11.6 Å². The van der Waals surface area contributed by atoms with E-state index in [1.165, 1.54) is 25.3 Å². The van der Waals surface area contributed by atoms with E-state index in [9.17, 15) is 14.1 Å². The summed E-state index contributed by atoms with van der Waals surface area (Å²) in [6, 6.07) is 13.7. The summed E-state index contributed by atoms with van der Waals surface area (Å²) in [6.07, 6.45) is 0. The minimum Gasteiger partial charge on any atom is -0.616 e. The summed E-state index contributed by atoms with van der Waals surface area (Å²) in [4.78, 5) is 23.8. The summed E-state index contributed by atoms with van der Waals surface area (Å²) < 4.78 is 16.8. The van der Waals surface area contributed by atoms with E-state index in [0.717, 1.165) is 5.56 Å². The Morgan fingerprint density at radius 3 is 2.58 bits per heavy atom. The molecule has 0 aliphatic carbocycles. The van der Waals surface area contributed by atoms with Crippen LogP contribution in [-0.2, 0) is 26.5 Å². The minimum absolute atomic E-state index is 0.179. The van der Waals surface area contributed by atoms with Crippen molar-refractivity contribution in [1.29, 1.82) is 0 Å². The highest BCUT2D eigenvalue weighted by atomic mass is 35.5. The molecule has 126 valence electrons. The van der Waals surface area contributed by atoms with E-state index < -0.39 is 23.1 Å². The summed E-state index contributed by atoms with van der Waals surface area (Å²) >= 11 is 4.54. The van der Waals surface area contributed by atoms with Gasteiger partial charge in [-0.25, -0.2) is 4.79 Å². The number of halogens is 1. The molecule has 0 aliphatic rings. The second-order valence-electron chi connectivity index (χ2n) is 4.94. The second kappa shape index (κ2) is 8.73. The van der Waals surface area contributed by atoms with Crippen LogP contribution in [0, 0.1) is 0 Å². The van der Waals surface area contributed by atoms with Crippen LogP contribution in [0.25, 0.3) is 0 Å². The predicted octanol–water partition coefficient (Wildman–Crippen LogP) is 3.01. The van der Waals surface area contributed by atoms with Crippen LogP contribution in [0.2, 0.25) is 5.02 Å². The highest BCUT2D eigenvalue weighted by Crippen LogP contribution is 2.22. The van der Waals surface area contributed by atoms with Crippen LogP contribution in [-0.4, -0.2) is 29.3 Å². The zero-order valence-electron chi connectivity index (χ0n) is 13.0. The highest BCUT2D eigenvalue weighted by molar-refractivity contribution is 7.91. The fourth-order valence-corrected chi connectivity index (χ4v) is 3.25. The Kier molecular flexibility index (Phi) is 6.66. The molecule has 0 saturated carbocycles. The molecule has 0 radical (unpaired) electrons. The third-order valence-electron chi connectivity index (χ3n) is 3.12. The van der Waals surface area contributed by atoms with Crippen molar-refractivity contribution in [1.82, 2.24) is 0 Å². The lowest BCUT2D eigenvalue weighted by molar-refractivity contribution is -0.113. The fraction of sp³-hybridized carbons (Fsp3) is 0.176. The molecular weight excluding hydrogens is 350 g/mol. The number of methoxy groups -OCH3 is 1. The molecule has 24 heavy (non-hydrogen) atoms. The number of hydrogen-bond acceptors (Lipinski definition) is 4. The van der Waals surface area contributed by atoms with Gasteiger partial charge in [0.1, 0.15) is 5.75 Å². The number of carbonyl (C=O) groups excluding carboxylic acids is 2. The number of ether oxygens (including phenoxy) is 1. The van der Waals surface area contributed by atoms with Gasteiger partial charge in [-0.15, -0.1) is 0 Å². The Hall–Kier alpha value is -2.02. The topological polar surface area (TPSA) is 78.5 Å². The van der Waals surface area contributed by atoms with Gasteiger partial charge in [-0.05, 0) is 29.4 Å². The number of rotatable bonds is 6. The van der Waals surface area contributed by atoms with Gasteiger partial charge >= 0.3 is 5.97 Å². The van der Waals surface area contributed by atoms with Crippen LogP contribution in [0.1, 0.15) is 15.9 Å². The van der Waals surface area contributed by atoms with E-state index in [4.69, 9.17) is 11.6 Å². The first-order chi connectivity index (χ1) is 11.5. The highest BCUT2D eigenvalue weighted by Gasteiger charge is 2.18. The maximum Gasteiger partial charge on any atom is 0.339 e. The van der Waals surface area contributed by atoms with Gasteiger partial charge in [-0.1, -0.05) is 41.9 Å². The van der Waals surface area contributed by atoms with E-state index >= 15 is 0 Å². The number of carbonyl (C=O) groups is 2. The van der Waals surface area contributed by atoms with Gasteiger partial charge in [-0.3, -0.25) is 4.79 Å². The molecular formula is C17H16ClNO4S. The lowest BCUT2D eigenvalue weighted by atomic mass is 10.2. The van der Waals surface area contributed by atoms with Crippen molar-refractivity contribution >= 4 is 40.3 Å². The smallest absolute Gasteiger partial charge is 0.339 e. The molecule has 2 aromatic carbocycles. The van der Waals surface area contributed by atoms with E-state index in [0.29, 0.717) is 5.02 Å². The average molecular weight is 366 g/mol. The maximum absolute atomic E-state index is 12.1. The molecule has 7 heteroatoms. The normalized spacial score (nSPS) is 11.6. The first-order valence-corrected chi connectivity index (χ1v) is 8.93. The Morgan fingerprint density at radius 2 is 1.92 bits per heavy atom. The second-order valence-corrected chi connectivity index (χ2v) is 6.84. The van der Waals surface area contributed by atoms with Gasteiger partial charge in [0.05, 0.1) is 18.4 Å². The Bertz CT molecular complexity index is 724. The first-order valence-electron chi connectivity index (χ1n) is 7.06. The van der Waals surface area contributed by atoms with Gasteiger partial charge in [0, 0.05) is 10.6 Å². The van der Waals surface area contributed by atoms with Gasteiger partial charge < -0.3 is 14.6 Å². The van der Waals surface area contributed by atoms with Crippen molar-refractivity contribution in [2.75, 3.05) is 18.2 Å². The number of esters is 1. The standard InChI is InChI=1S/C17H16ClNO4S/c1-23-17(21)14-8-7-13(18)9-15(14)19-16(20)11-24(22)10-12-5-3-2-4-6-12/h2-9H,10-11H2,1H3,(H,19,20). The van der Waals surface area contributed by atoms with E-state index in [-0.39, 0.29) is 22.8 Å². The Morgan fingerprint density at radius 1 is 1.21 bits per heavy atom. The molecule has 0 aliphatic heterocycles. The summed E-state index contributed by atoms with van der Waals surface area (Å²) in [5.74, 6) is -0.945. The van der Waals surface area contributed by atoms with Crippen LogP contribution in [0.15, 0.2) is 48.5 Å². The lowest BCUT2D eigenvalue weighted by Crippen LogP contribution is -2.25. The van der Waals surface area contributed by atoms with Crippen LogP contribution in [0.5, 0.6) is 0 Å². The SMILES string of the molecule is COC(=O)c1ccc(Cl)cc1NC(=O)C[S+]([O-])Cc1ccccc1. The number of benzene rings is 2. The molecule has 0 aromatic heterocycles. The minimum atomic E-state index is -1.36. The Balaban J connectivity index is 2.01. The van der Waals surface area contributed by atoms with Gasteiger partial charge in [-0.2, -0.15) is 0 Å². The van der Waals surface area contributed by atoms with Gasteiger partial charge in [0.2, 0.25) is 0 Å². The molecule has 1 unspecified atom stereocenters. The summed E-state index contributed by atoms with van der Waals surface area (Å²) in [7, 11) is 1.25. The number of amides is 1. The van der Waals surface area contributed by atoms with Crippen molar-refractivity contribution in [3.05, 3.63) is 64.7 Å². The number of anilines is 1. The predicted molar refractivity (Wildman–Crippen MR) is 94.6 cm³/mol. The van der Waals surface area contributed by atoms with Crippen molar-refractivity contribution in [2.45, 2.75) is 5.75 Å². The van der Waals surface area contributed by atoms with E-state index in [1.54, 1.807) is 0 Å². The largest absolute Gasteiger partial charge is 0.616 e.